The number of rotatable bonds is 44. The number of nitrogen functional groups attached to an aromatic ring is 1. The van der Waals surface area contributed by atoms with Gasteiger partial charge in [0.2, 0.25) is 29.6 Å². The van der Waals surface area contributed by atoms with Crippen LogP contribution in [0.3, 0.4) is 0 Å². The number of aromatic nitrogens is 4. The van der Waals surface area contributed by atoms with E-state index < -0.39 is 252 Å². The molecule has 22 N–H and O–H groups in total. The minimum atomic E-state index is -2.10. The fourth-order valence-corrected chi connectivity index (χ4v) is 8.79. The van der Waals surface area contributed by atoms with Gasteiger partial charge in [-0.3, -0.25) is 57.7 Å². The summed E-state index contributed by atoms with van der Waals surface area (Å²) in [4.78, 5) is 171. The van der Waals surface area contributed by atoms with Gasteiger partial charge in [0.05, 0.1) is 55.9 Å². The SMILES string of the molecule is CCC(=O)[C@@H](CCC(=O)O)NC(=O)[C@H](CCC(=O)NC[C@H](O)[C@@H](O)[C@H](O)[C@H](O)CO)CC(=O)[C@@H](CCC(=O)O)NC(=O)[C@H](CCC(=O)NC[C@H](O)[C@@H](O)[C@H](O)[C@H](O)CO)CC(=O)CC[C@@H](NC(=O)c1ccc(NCc2cnc3nc(N)[nH]c(=O)c3n2)cc1)C(=O)O. The first-order valence-corrected chi connectivity index (χ1v) is 28.6. The number of carboxylic acids is 3. The van der Waals surface area contributed by atoms with E-state index in [4.69, 9.17) is 15.9 Å². The molecule has 0 unspecified atom stereocenters. The molecule has 5 amide bonds. The zero-order valence-corrected chi connectivity index (χ0v) is 49.3. The summed E-state index contributed by atoms with van der Waals surface area (Å²) in [5.41, 5.74) is 5.65. The fraction of sp³-hybridized carbons (Fsp3) is 0.582. The number of benzene rings is 1. The molecular formula is C55H79N11O25. The van der Waals surface area contributed by atoms with Crippen LogP contribution in [-0.4, -0.2) is 244 Å². The number of fused-ring (bicyclic) bond motifs is 1. The highest BCUT2D eigenvalue weighted by atomic mass is 16.4. The summed E-state index contributed by atoms with van der Waals surface area (Å²) < 4.78 is 0. The van der Waals surface area contributed by atoms with Gasteiger partial charge in [-0.25, -0.2) is 14.8 Å². The second-order valence-corrected chi connectivity index (χ2v) is 21.2. The number of aliphatic hydroxyl groups excluding tert-OH is 10. The van der Waals surface area contributed by atoms with Crippen molar-refractivity contribution in [2.24, 2.45) is 11.8 Å². The number of ketones is 3. The van der Waals surface area contributed by atoms with Gasteiger partial charge < -0.3 is 104 Å². The van der Waals surface area contributed by atoms with Crippen LogP contribution >= 0.6 is 0 Å². The van der Waals surface area contributed by atoms with Crippen molar-refractivity contribution in [1.82, 2.24) is 46.5 Å². The molecule has 0 saturated heterocycles. The minimum absolute atomic E-state index is 0.0210. The van der Waals surface area contributed by atoms with Gasteiger partial charge >= 0.3 is 17.9 Å². The van der Waals surface area contributed by atoms with Crippen molar-refractivity contribution in [2.75, 3.05) is 37.4 Å². The molecular weight excluding hydrogens is 1210 g/mol. The molecule has 504 valence electrons. The van der Waals surface area contributed by atoms with Gasteiger partial charge in [0.1, 0.15) is 48.4 Å². The van der Waals surface area contributed by atoms with Crippen LogP contribution in [0.25, 0.3) is 11.2 Å². The smallest absolute Gasteiger partial charge is 0.326 e. The van der Waals surface area contributed by atoms with Crippen molar-refractivity contribution in [3.63, 3.8) is 0 Å². The lowest BCUT2D eigenvalue weighted by molar-refractivity contribution is -0.140. The van der Waals surface area contributed by atoms with Gasteiger partial charge in [-0.1, -0.05) is 6.92 Å². The Morgan fingerprint density at radius 1 is 0.571 bits per heavy atom. The number of aliphatic hydroxyl groups is 10. The van der Waals surface area contributed by atoms with Crippen LogP contribution in [-0.2, 0) is 54.5 Å². The molecule has 0 aliphatic heterocycles. The van der Waals surface area contributed by atoms with Gasteiger partial charge in [0, 0.05) is 87.5 Å². The van der Waals surface area contributed by atoms with Gasteiger partial charge in [0.15, 0.2) is 22.7 Å². The molecule has 1 aromatic carbocycles. The Balaban J connectivity index is 1.88. The van der Waals surface area contributed by atoms with Crippen LogP contribution in [0.2, 0.25) is 0 Å². The second kappa shape index (κ2) is 38.2. The first kappa shape index (κ1) is 76.7. The van der Waals surface area contributed by atoms with E-state index in [-0.39, 0.29) is 35.6 Å². The number of anilines is 2. The number of carbonyl (C=O) groups excluding carboxylic acids is 8. The number of carbonyl (C=O) groups is 11. The lowest BCUT2D eigenvalue weighted by atomic mass is 9.89. The first-order valence-electron chi connectivity index (χ1n) is 28.6. The molecule has 91 heavy (non-hydrogen) atoms. The number of aliphatic carboxylic acids is 3. The van der Waals surface area contributed by atoms with Crippen LogP contribution in [0.1, 0.15) is 106 Å². The van der Waals surface area contributed by atoms with Gasteiger partial charge in [-0.05, 0) is 56.4 Å². The standard InChI is InChI=1S/C55H79N11O25/c1-2-34(70)31(11-15-42(78)79)62-52(88)27(6-14-41(77)59-22-37(73)46(83)48(85)39(75)24-68)18-35(71)32(12-16-43(80)81)63-51(87)26(5-13-40(76)58-21-36(72)45(82)47(84)38(74)23-67)17-30(69)9-10-33(54(90)91)64-50(86)25-3-7-28(8-4-25)57-19-29-20-60-49-44(61-29)53(89)66-55(56)65-49/h3-4,7-8,20,26-27,31-33,36-39,45-48,57,67-68,72-75,82-85H,2,5-6,9-19,21-24H2,1H3,(H,58,76)(H,59,77)(H,62,88)(H,63,87)(H,64,86)(H,78,79)(H,80,81)(H,90,91)(H3,56,60,65,66,89)/t26-,27-,31-,32-,33-,36+,37+,38-,39-,45-,46-,47-,48-/m1/s1. The van der Waals surface area contributed by atoms with Crippen LogP contribution in [0.4, 0.5) is 11.6 Å². The van der Waals surface area contributed by atoms with Crippen molar-refractivity contribution >= 4 is 87.6 Å². The van der Waals surface area contributed by atoms with E-state index in [2.05, 4.69) is 51.8 Å². The summed E-state index contributed by atoms with van der Waals surface area (Å²) in [6.45, 7) is -2.11. The Bertz CT molecular complexity index is 3040. The van der Waals surface area contributed by atoms with E-state index in [1.165, 1.54) is 37.4 Å². The molecule has 0 radical (unpaired) electrons. The summed E-state index contributed by atoms with van der Waals surface area (Å²) in [5, 5.41) is 142. The summed E-state index contributed by atoms with van der Waals surface area (Å²) >= 11 is 0. The molecule has 0 aliphatic carbocycles. The molecule has 0 fully saturated rings. The van der Waals surface area contributed by atoms with Crippen molar-refractivity contribution in [3.8, 4) is 0 Å². The molecule has 2 aromatic heterocycles. The molecule has 3 rings (SSSR count). The first-order chi connectivity index (χ1) is 42.9. The zero-order valence-electron chi connectivity index (χ0n) is 49.3. The van der Waals surface area contributed by atoms with E-state index in [1.54, 1.807) is 0 Å². The molecule has 36 heteroatoms. The highest BCUT2D eigenvalue weighted by Crippen LogP contribution is 2.21. The third kappa shape index (κ3) is 26.0. The number of aromatic amines is 1. The minimum Gasteiger partial charge on any atom is -0.481 e. The van der Waals surface area contributed by atoms with Crippen LogP contribution in [0, 0.1) is 11.8 Å². The molecule has 3 aromatic rings. The van der Waals surface area contributed by atoms with Crippen LogP contribution < -0.4 is 43.2 Å². The summed E-state index contributed by atoms with van der Waals surface area (Å²) in [5.74, 6) is -15.5. The van der Waals surface area contributed by atoms with Crippen LogP contribution in [0.5, 0.6) is 0 Å². The molecule has 0 saturated carbocycles. The van der Waals surface area contributed by atoms with Crippen molar-refractivity contribution in [2.45, 2.75) is 164 Å². The van der Waals surface area contributed by atoms with Crippen molar-refractivity contribution in [3.05, 3.63) is 52.1 Å². The molecule has 0 bridgehead atoms. The van der Waals surface area contributed by atoms with Gasteiger partial charge in [-0.15, -0.1) is 0 Å². The Kier molecular flexibility index (Phi) is 32.2. The average Bonchev–Trinajstić information content (AvgIpc) is 2.34. The maximum absolute atomic E-state index is 14.3. The maximum atomic E-state index is 14.3. The highest BCUT2D eigenvalue weighted by Gasteiger charge is 2.35. The van der Waals surface area contributed by atoms with E-state index >= 15 is 0 Å². The van der Waals surface area contributed by atoms with E-state index in [1.807, 2.05) is 0 Å². The van der Waals surface area contributed by atoms with Gasteiger partial charge in [0.25, 0.3) is 11.5 Å². The topological polar surface area (TPSA) is 620 Å². The zero-order chi connectivity index (χ0) is 68.2. The summed E-state index contributed by atoms with van der Waals surface area (Å²) in [7, 11) is 0. The summed E-state index contributed by atoms with van der Waals surface area (Å²) in [6.07, 6.45) is -22.9. The van der Waals surface area contributed by atoms with Crippen molar-refractivity contribution in [1.29, 1.82) is 0 Å². The number of Topliss-reactive ketones (excluding diaryl/α,β-unsaturated/α-hetero) is 3. The van der Waals surface area contributed by atoms with Gasteiger partial charge in [-0.2, -0.15) is 4.98 Å². The Morgan fingerprint density at radius 2 is 1.04 bits per heavy atom. The number of amides is 5. The number of H-pyrrole nitrogens is 1. The lowest BCUT2D eigenvalue weighted by Gasteiger charge is -2.26. The number of nitrogens with zero attached hydrogens (tertiary/aromatic N) is 3. The molecule has 0 aliphatic rings. The predicted molar refractivity (Wildman–Crippen MR) is 310 cm³/mol. The molecule has 0 spiro atoms. The molecule has 36 nitrogen and oxygen atoms in total. The average molecular weight is 1290 g/mol. The Labute approximate surface area is 517 Å². The molecule has 2 heterocycles. The maximum Gasteiger partial charge on any atom is 0.326 e. The number of nitrogens with one attached hydrogen (secondary N) is 7. The monoisotopic (exact) mass is 1290 g/mol. The Hall–Kier alpha value is -8.59. The fourth-order valence-electron chi connectivity index (χ4n) is 8.79. The number of hydrogen-bond acceptors (Lipinski definition) is 27. The predicted octanol–water partition coefficient (Wildman–Crippen LogP) is -6.64. The number of nitrogens with two attached hydrogens (primary N) is 1. The third-order valence-corrected chi connectivity index (χ3v) is 14.2. The largest absolute Gasteiger partial charge is 0.481 e. The van der Waals surface area contributed by atoms with E-state index in [0.717, 1.165) is 0 Å². The number of carboxylic acid groups (broad SMARTS) is 3. The Morgan fingerprint density at radius 3 is 1.52 bits per heavy atom. The highest BCUT2D eigenvalue weighted by molar-refractivity contribution is 5.98. The van der Waals surface area contributed by atoms with E-state index in [9.17, 15) is 114 Å². The molecule has 13 atom stereocenters. The lowest BCUT2D eigenvalue weighted by Crippen LogP contribution is -2.49. The quantitative estimate of drug-likeness (QED) is 0.0250. The van der Waals surface area contributed by atoms with Crippen molar-refractivity contribution < 1.29 is 119 Å². The third-order valence-electron chi connectivity index (χ3n) is 14.2. The second-order valence-electron chi connectivity index (χ2n) is 21.2. The normalized spacial score (nSPS) is 15.7. The number of hydrogen-bond donors (Lipinski definition) is 21. The van der Waals surface area contributed by atoms with Crippen LogP contribution in [0.15, 0.2) is 35.3 Å². The van der Waals surface area contributed by atoms with E-state index in [0.29, 0.717) is 11.4 Å². The summed E-state index contributed by atoms with van der Waals surface area (Å²) in [6, 6.07) is 0.619.